The first kappa shape index (κ1) is 6.69. The van der Waals surface area contributed by atoms with Gasteiger partial charge in [-0.1, -0.05) is 22.6 Å². The lowest BCUT2D eigenvalue weighted by Crippen LogP contribution is -1.78. The van der Waals surface area contributed by atoms with Crippen molar-refractivity contribution in [3.05, 3.63) is 0 Å². The first-order valence-corrected chi connectivity index (χ1v) is 3.58. The summed E-state index contributed by atoms with van der Waals surface area (Å²) in [6.45, 7) is 0.100. The van der Waals surface area contributed by atoms with Crippen LogP contribution in [0.3, 0.4) is 0 Å². The van der Waals surface area contributed by atoms with E-state index >= 15 is 0 Å². The van der Waals surface area contributed by atoms with Crippen molar-refractivity contribution in [2.75, 3.05) is 11.0 Å². The van der Waals surface area contributed by atoms with Crippen LogP contribution in [0.5, 0.6) is 0 Å². The molecular weight excluding hydrogens is 191 g/mol. The van der Waals surface area contributed by atoms with Crippen LogP contribution in [0.2, 0.25) is 0 Å². The second kappa shape index (κ2) is 5.69. The van der Waals surface area contributed by atoms with Crippen molar-refractivity contribution in [3.8, 4) is 0 Å². The quantitative estimate of drug-likeness (QED) is 0.374. The van der Waals surface area contributed by atoms with Crippen molar-refractivity contribution in [2.24, 2.45) is 0 Å². The zero-order valence-corrected chi connectivity index (χ0v) is 5.77. The Bertz CT molecular complexity index is 19.5. The molecule has 0 rings (SSSR count). The molecule has 1 nitrogen and oxygen atoms in total. The van der Waals surface area contributed by atoms with Crippen LogP contribution in [0.1, 0.15) is 12.8 Å². The zero-order chi connectivity index (χ0) is 4.83. The molecule has 0 aliphatic heterocycles. The third kappa shape index (κ3) is 4.69. The molecule has 37 valence electrons. The summed E-state index contributed by atoms with van der Waals surface area (Å²) in [5, 5.41) is 9.69. The van der Waals surface area contributed by atoms with E-state index in [-0.39, 0.29) is 6.61 Å². The maximum atomic E-state index is 9.69. The molecule has 0 aromatic carbocycles. The summed E-state index contributed by atoms with van der Waals surface area (Å²) in [6.07, 6.45) is 1.94. The van der Waals surface area contributed by atoms with Crippen molar-refractivity contribution in [2.45, 2.75) is 12.8 Å². The predicted octanol–water partition coefficient (Wildman–Crippen LogP) is 1.63. The third-order valence-electron chi connectivity index (χ3n) is 0.528. The molecule has 1 radical (unpaired) electrons. The lowest BCUT2D eigenvalue weighted by Gasteiger charge is -1.82. The molecule has 0 saturated heterocycles. The maximum absolute atomic E-state index is 9.69. The summed E-state index contributed by atoms with van der Waals surface area (Å²) in [4.78, 5) is 0. The Morgan fingerprint density at radius 2 is 2.00 bits per heavy atom. The summed E-state index contributed by atoms with van der Waals surface area (Å²) in [7, 11) is 0. The first-order chi connectivity index (χ1) is 2.91. The number of hydrogen-bond acceptors (Lipinski definition) is 0. The van der Waals surface area contributed by atoms with Crippen molar-refractivity contribution in [1.82, 2.24) is 0 Å². The van der Waals surface area contributed by atoms with E-state index in [2.05, 4.69) is 22.6 Å². The highest BCUT2D eigenvalue weighted by Gasteiger charge is 1.78. The van der Waals surface area contributed by atoms with Crippen LogP contribution < -0.4 is 0 Å². The average molecular weight is 199 g/mol. The van der Waals surface area contributed by atoms with Gasteiger partial charge in [-0.05, 0) is 17.3 Å². The van der Waals surface area contributed by atoms with Crippen molar-refractivity contribution in [3.63, 3.8) is 0 Å². The minimum absolute atomic E-state index is 0.100. The van der Waals surface area contributed by atoms with Gasteiger partial charge in [-0.25, -0.2) is 5.11 Å². The summed E-state index contributed by atoms with van der Waals surface area (Å²) in [5.41, 5.74) is 0. The van der Waals surface area contributed by atoms with Gasteiger partial charge in [0.1, 0.15) is 0 Å². The van der Waals surface area contributed by atoms with E-state index in [1.165, 1.54) is 0 Å². The van der Waals surface area contributed by atoms with Crippen molar-refractivity contribution < 1.29 is 5.11 Å². The average Bonchev–Trinajstić information content (AvgIpc) is 1.61. The maximum Gasteiger partial charge on any atom is 0.0822 e. The van der Waals surface area contributed by atoms with Crippen LogP contribution in [0.25, 0.3) is 0 Å². The second-order valence-electron chi connectivity index (χ2n) is 1.10. The van der Waals surface area contributed by atoms with E-state index < -0.39 is 0 Å². The SMILES string of the molecule is [O]CCCCI. The van der Waals surface area contributed by atoms with E-state index in [0.29, 0.717) is 0 Å². The molecule has 0 aliphatic carbocycles. The largest absolute Gasteiger partial charge is 0.237 e. The van der Waals surface area contributed by atoms with E-state index in [9.17, 15) is 5.11 Å². The van der Waals surface area contributed by atoms with Gasteiger partial charge < -0.3 is 0 Å². The van der Waals surface area contributed by atoms with Gasteiger partial charge in [0.05, 0.1) is 6.61 Å². The Kier molecular flexibility index (Phi) is 6.34. The molecule has 0 aromatic rings. The molecule has 0 fully saturated rings. The Labute approximate surface area is 51.9 Å². The van der Waals surface area contributed by atoms with Crippen LogP contribution in [0, 0.1) is 0 Å². The summed E-state index contributed by atoms with van der Waals surface area (Å²) in [6, 6.07) is 0. The highest BCUT2D eigenvalue weighted by Crippen LogP contribution is 1.91. The highest BCUT2D eigenvalue weighted by atomic mass is 127. The van der Waals surface area contributed by atoms with E-state index in [1.54, 1.807) is 0 Å². The van der Waals surface area contributed by atoms with Crippen LogP contribution in [-0.4, -0.2) is 11.0 Å². The molecule has 0 aliphatic rings. The third-order valence-corrected chi connectivity index (χ3v) is 1.29. The van der Waals surface area contributed by atoms with Crippen LogP contribution >= 0.6 is 22.6 Å². The van der Waals surface area contributed by atoms with E-state index in [1.807, 2.05) is 0 Å². The molecule has 0 aromatic heterocycles. The number of rotatable bonds is 3. The van der Waals surface area contributed by atoms with E-state index in [4.69, 9.17) is 0 Å². The van der Waals surface area contributed by atoms with Gasteiger partial charge in [0.15, 0.2) is 0 Å². The number of unbranched alkanes of at least 4 members (excludes halogenated alkanes) is 1. The van der Waals surface area contributed by atoms with Gasteiger partial charge in [-0.2, -0.15) is 0 Å². The molecule has 2 heteroatoms. The lowest BCUT2D eigenvalue weighted by molar-refractivity contribution is 0.189. The number of halogens is 1. The van der Waals surface area contributed by atoms with Crippen molar-refractivity contribution >= 4 is 22.6 Å². The topological polar surface area (TPSA) is 19.9 Å². The minimum Gasteiger partial charge on any atom is -0.237 e. The normalized spacial score (nSPS) is 9.00. The van der Waals surface area contributed by atoms with Crippen molar-refractivity contribution in [1.29, 1.82) is 0 Å². The summed E-state index contributed by atoms with van der Waals surface area (Å²) in [5.74, 6) is 0. The highest BCUT2D eigenvalue weighted by molar-refractivity contribution is 14.1. The first-order valence-electron chi connectivity index (χ1n) is 2.06. The smallest absolute Gasteiger partial charge is 0.0822 e. The van der Waals surface area contributed by atoms with Crippen LogP contribution in [-0.2, 0) is 5.11 Å². The standard InChI is InChI=1S/C4H8IO/c5-3-1-2-4-6/h1-4H2. The molecule has 0 unspecified atom stereocenters. The van der Waals surface area contributed by atoms with Gasteiger partial charge in [-0.15, -0.1) is 0 Å². The molecule has 0 spiro atoms. The molecule has 0 atom stereocenters. The number of hydrogen-bond donors (Lipinski definition) is 0. The fourth-order valence-corrected chi connectivity index (χ4v) is 0.736. The number of alkyl halides is 1. The minimum atomic E-state index is 0.100. The molecule has 6 heavy (non-hydrogen) atoms. The van der Waals surface area contributed by atoms with E-state index in [0.717, 1.165) is 17.3 Å². The lowest BCUT2D eigenvalue weighted by atomic mass is 10.4. The van der Waals surface area contributed by atoms with Gasteiger partial charge in [0, 0.05) is 0 Å². The Hall–Kier alpha value is 0.690. The molecule has 0 bridgehead atoms. The molecule has 0 saturated carbocycles. The zero-order valence-electron chi connectivity index (χ0n) is 3.61. The summed E-state index contributed by atoms with van der Waals surface area (Å²) >= 11 is 2.27. The molecule has 0 heterocycles. The van der Waals surface area contributed by atoms with Crippen LogP contribution in [0.4, 0.5) is 0 Å². The van der Waals surface area contributed by atoms with Crippen LogP contribution in [0.15, 0.2) is 0 Å². The second-order valence-corrected chi connectivity index (χ2v) is 2.18. The van der Waals surface area contributed by atoms with Gasteiger partial charge >= 0.3 is 0 Å². The Morgan fingerprint density at radius 1 is 1.33 bits per heavy atom. The Morgan fingerprint density at radius 3 is 2.17 bits per heavy atom. The van der Waals surface area contributed by atoms with Gasteiger partial charge in [0.2, 0.25) is 0 Å². The molecule has 0 N–H and O–H groups in total. The van der Waals surface area contributed by atoms with Gasteiger partial charge in [0.25, 0.3) is 0 Å². The summed E-state index contributed by atoms with van der Waals surface area (Å²) < 4.78 is 1.12. The Balaban J connectivity index is 2.34. The fourth-order valence-electron chi connectivity index (χ4n) is 0.197. The predicted molar refractivity (Wildman–Crippen MR) is 33.7 cm³/mol. The molecule has 0 amide bonds. The molecular formula is C4H8IO. The fraction of sp³-hybridized carbons (Fsp3) is 1.00. The monoisotopic (exact) mass is 199 g/mol. The van der Waals surface area contributed by atoms with Gasteiger partial charge in [-0.3, -0.25) is 0 Å².